The number of carboxylic acid groups (broad SMARTS) is 1. The highest BCUT2D eigenvalue weighted by Crippen LogP contribution is 2.40. The molecule has 0 saturated carbocycles. The lowest BCUT2D eigenvalue weighted by atomic mass is 10.0. The monoisotopic (exact) mass is 531 g/mol. The highest BCUT2D eigenvalue weighted by atomic mass is 16.5. The molecule has 40 heavy (non-hydrogen) atoms. The van der Waals surface area contributed by atoms with Crippen molar-refractivity contribution in [3.05, 3.63) is 102 Å². The van der Waals surface area contributed by atoms with Gasteiger partial charge < -0.3 is 14.7 Å². The molecule has 8 nitrogen and oxygen atoms in total. The van der Waals surface area contributed by atoms with Crippen molar-refractivity contribution in [2.75, 3.05) is 18.1 Å². The minimum atomic E-state index is -0.830. The Morgan fingerprint density at radius 2 is 1.75 bits per heavy atom. The van der Waals surface area contributed by atoms with Gasteiger partial charge in [0.2, 0.25) is 0 Å². The summed E-state index contributed by atoms with van der Waals surface area (Å²) >= 11 is 0. The Hall–Kier alpha value is -4.98. The predicted molar refractivity (Wildman–Crippen MR) is 154 cm³/mol. The van der Waals surface area contributed by atoms with E-state index in [0.29, 0.717) is 13.0 Å². The lowest BCUT2D eigenvalue weighted by Crippen LogP contribution is -2.19. The van der Waals surface area contributed by atoms with Crippen LogP contribution in [0.1, 0.15) is 23.6 Å². The van der Waals surface area contributed by atoms with Crippen molar-refractivity contribution in [2.24, 2.45) is 0 Å². The zero-order valence-corrected chi connectivity index (χ0v) is 22.4. The fourth-order valence-electron chi connectivity index (χ4n) is 5.16. The Bertz CT molecular complexity index is 1690. The van der Waals surface area contributed by atoms with Crippen LogP contribution in [-0.2, 0) is 17.6 Å². The molecule has 0 amide bonds. The number of nitrogens with zero attached hydrogens (tertiary/aromatic N) is 5. The van der Waals surface area contributed by atoms with Crippen molar-refractivity contribution in [1.29, 1.82) is 0 Å². The van der Waals surface area contributed by atoms with E-state index >= 15 is 0 Å². The number of carbonyl (C=O) groups is 1. The zero-order valence-electron chi connectivity index (χ0n) is 22.4. The van der Waals surface area contributed by atoms with E-state index in [1.54, 1.807) is 6.20 Å². The molecule has 0 radical (unpaired) electrons. The maximum absolute atomic E-state index is 10.9. The van der Waals surface area contributed by atoms with Crippen LogP contribution in [-0.4, -0.2) is 43.7 Å². The summed E-state index contributed by atoms with van der Waals surface area (Å²) in [7, 11) is 0. The molecule has 5 aromatic rings. The molecule has 3 aromatic heterocycles. The Balaban J connectivity index is 1.18. The second-order valence-electron chi connectivity index (χ2n) is 9.77. The summed E-state index contributed by atoms with van der Waals surface area (Å²) in [6.45, 7) is 5.38. The number of aromatic nitrogens is 4. The summed E-state index contributed by atoms with van der Waals surface area (Å²) in [5.74, 6) is 2.56. The van der Waals surface area contributed by atoms with Gasteiger partial charge in [0.05, 0.1) is 24.3 Å². The van der Waals surface area contributed by atoms with Gasteiger partial charge in [0.1, 0.15) is 17.4 Å². The maximum atomic E-state index is 10.9. The van der Waals surface area contributed by atoms with E-state index in [4.69, 9.17) is 14.8 Å². The molecular weight excluding hydrogens is 502 g/mol. The number of ether oxygens (including phenoxy) is 1. The minimum absolute atomic E-state index is 0.0246. The standard InChI is InChI=1S/C32H29N5O3/c1-3-36-31-26(30-34-14-15-37(30)27-5-4-13-33-32(27)36)18-23(20-35-31)12-16-40-28-11-10-25(17-21(28)2)24-8-6-22(7-9-24)19-29(38)39/h4-11,13-15,17-18,20H,3,12,16,19H2,1-2H3,(H,38,39). The summed E-state index contributed by atoms with van der Waals surface area (Å²) in [5, 5.41) is 8.99. The Morgan fingerprint density at radius 1 is 0.925 bits per heavy atom. The van der Waals surface area contributed by atoms with Gasteiger partial charge in [-0.2, -0.15) is 0 Å². The van der Waals surface area contributed by atoms with Crippen LogP contribution in [0.4, 0.5) is 11.6 Å². The molecule has 1 N–H and O–H groups in total. The van der Waals surface area contributed by atoms with Gasteiger partial charge in [0.25, 0.3) is 0 Å². The van der Waals surface area contributed by atoms with E-state index in [2.05, 4.69) is 44.6 Å². The number of aryl methyl sites for hydroxylation is 1. The quantitative estimate of drug-likeness (QED) is 0.261. The summed E-state index contributed by atoms with van der Waals surface area (Å²) in [4.78, 5) is 27.3. The second kappa shape index (κ2) is 10.6. The lowest BCUT2D eigenvalue weighted by molar-refractivity contribution is -0.136. The molecule has 8 heteroatoms. The topological polar surface area (TPSA) is 93.4 Å². The normalized spacial score (nSPS) is 11.8. The van der Waals surface area contributed by atoms with Crippen LogP contribution in [0.25, 0.3) is 28.2 Å². The Kier molecular flexibility index (Phi) is 6.74. The molecule has 0 bridgehead atoms. The predicted octanol–water partition coefficient (Wildman–Crippen LogP) is 6.02. The van der Waals surface area contributed by atoms with Gasteiger partial charge in [0, 0.05) is 37.8 Å². The van der Waals surface area contributed by atoms with E-state index < -0.39 is 5.97 Å². The van der Waals surface area contributed by atoms with Gasteiger partial charge in [-0.3, -0.25) is 9.36 Å². The van der Waals surface area contributed by atoms with Crippen molar-refractivity contribution >= 4 is 17.6 Å². The van der Waals surface area contributed by atoms with Gasteiger partial charge in [-0.05, 0) is 72.0 Å². The van der Waals surface area contributed by atoms with Gasteiger partial charge in [0.15, 0.2) is 5.82 Å². The van der Waals surface area contributed by atoms with E-state index in [-0.39, 0.29) is 6.42 Å². The summed E-state index contributed by atoms with van der Waals surface area (Å²) in [6, 6.07) is 19.9. The van der Waals surface area contributed by atoms with Crippen LogP contribution in [0.5, 0.6) is 5.75 Å². The third-order valence-corrected chi connectivity index (χ3v) is 7.12. The van der Waals surface area contributed by atoms with E-state index in [9.17, 15) is 4.79 Å². The van der Waals surface area contributed by atoms with Crippen LogP contribution >= 0.6 is 0 Å². The molecule has 0 spiro atoms. The van der Waals surface area contributed by atoms with E-state index in [1.807, 2.05) is 68.0 Å². The zero-order chi connectivity index (χ0) is 27.6. The average molecular weight is 532 g/mol. The number of anilines is 2. The number of benzene rings is 2. The number of hydrogen-bond acceptors (Lipinski definition) is 6. The van der Waals surface area contributed by atoms with Gasteiger partial charge in [-0.25, -0.2) is 15.0 Å². The second-order valence-corrected chi connectivity index (χ2v) is 9.77. The Morgan fingerprint density at radius 3 is 2.52 bits per heavy atom. The van der Waals surface area contributed by atoms with Gasteiger partial charge in [-0.1, -0.05) is 30.3 Å². The summed E-state index contributed by atoms with van der Waals surface area (Å²) in [5.41, 5.74) is 6.95. The molecule has 6 rings (SSSR count). The van der Waals surface area contributed by atoms with Crippen LogP contribution in [0.2, 0.25) is 0 Å². The number of rotatable bonds is 8. The fourth-order valence-corrected chi connectivity index (χ4v) is 5.16. The van der Waals surface area contributed by atoms with Crippen molar-refractivity contribution in [1.82, 2.24) is 19.5 Å². The molecule has 1 aliphatic rings. The number of imidazole rings is 1. The molecular formula is C32H29N5O3. The largest absolute Gasteiger partial charge is 0.493 e. The molecule has 0 atom stereocenters. The van der Waals surface area contributed by atoms with Crippen LogP contribution in [0, 0.1) is 6.92 Å². The average Bonchev–Trinajstić information content (AvgIpc) is 3.41. The first-order valence-corrected chi connectivity index (χ1v) is 13.3. The third kappa shape index (κ3) is 4.80. The van der Waals surface area contributed by atoms with E-state index in [0.717, 1.165) is 68.8 Å². The van der Waals surface area contributed by atoms with Crippen molar-refractivity contribution in [3.8, 4) is 34.0 Å². The molecule has 0 saturated heterocycles. The minimum Gasteiger partial charge on any atom is -0.493 e. The summed E-state index contributed by atoms with van der Waals surface area (Å²) < 4.78 is 8.25. The summed E-state index contributed by atoms with van der Waals surface area (Å²) in [6.07, 6.45) is 8.22. The highest BCUT2D eigenvalue weighted by Gasteiger charge is 2.26. The van der Waals surface area contributed by atoms with Crippen LogP contribution in [0.15, 0.2) is 85.5 Å². The molecule has 0 aliphatic carbocycles. The van der Waals surface area contributed by atoms with Crippen LogP contribution < -0.4 is 9.64 Å². The van der Waals surface area contributed by atoms with Gasteiger partial charge >= 0.3 is 5.97 Å². The number of aliphatic carboxylic acids is 1. The molecule has 0 fully saturated rings. The molecule has 0 unspecified atom stereocenters. The number of fused-ring (bicyclic) bond motifs is 5. The SMILES string of the molecule is CCN1c2ncc(CCOc3ccc(-c4ccc(CC(=O)O)cc4)cc3C)cc2-c2nccn2-c2cccnc21. The van der Waals surface area contributed by atoms with Crippen molar-refractivity contribution < 1.29 is 14.6 Å². The molecule has 4 heterocycles. The Labute approximate surface area is 232 Å². The van der Waals surface area contributed by atoms with Crippen molar-refractivity contribution in [3.63, 3.8) is 0 Å². The van der Waals surface area contributed by atoms with Gasteiger partial charge in [-0.15, -0.1) is 0 Å². The molecule has 2 aromatic carbocycles. The van der Waals surface area contributed by atoms with Crippen LogP contribution in [0.3, 0.4) is 0 Å². The number of hydrogen-bond donors (Lipinski definition) is 1. The molecule has 1 aliphatic heterocycles. The first kappa shape index (κ1) is 25.3. The fraction of sp³-hybridized carbons (Fsp3) is 0.188. The highest BCUT2D eigenvalue weighted by molar-refractivity contribution is 5.82. The van der Waals surface area contributed by atoms with E-state index in [1.165, 1.54) is 0 Å². The first-order chi connectivity index (χ1) is 19.5. The van der Waals surface area contributed by atoms with Crippen molar-refractivity contribution in [2.45, 2.75) is 26.7 Å². The maximum Gasteiger partial charge on any atom is 0.307 e. The third-order valence-electron chi connectivity index (χ3n) is 7.12. The smallest absolute Gasteiger partial charge is 0.307 e. The number of carboxylic acids is 1. The molecule has 200 valence electrons. The lowest BCUT2D eigenvalue weighted by Gasteiger charge is -2.22. The number of pyridine rings is 2. The first-order valence-electron chi connectivity index (χ1n) is 13.3.